The molecule has 6 nitrogen and oxygen atoms in total. The Labute approximate surface area is 132 Å². The van der Waals surface area contributed by atoms with Crippen molar-refractivity contribution in [2.24, 2.45) is 0 Å². The smallest absolute Gasteiger partial charge is 0.242 e. The fourth-order valence-electron chi connectivity index (χ4n) is 3.35. The molecule has 0 unspecified atom stereocenters. The minimum Gasteiger partial charge on any atom is -0.315 e. The molecular weight excluding hydrogens is 278 g/mol. The number of aromatic nitrogens is 2. The average Bonchev–Trinajstić information content (AvgIpc) is 3.13. The summed E-state index contributed by atoms with van der Waals surface area (Å²) in [7, 11) is 0. The van der Waals surface area contributed by atoms with Crippen LogP contribution in [0.3, 0.4) is 0 Å². The van der Waals surface area contributed by atoms with Gasteiger partial charge in [0, 0.05) is 18.8 Å². The second-order valence-electron chi connectivity index (χ2n) is 6.44. The van der Waals surface area contributed by atoms with Crippen molar-refractivity contribution >= 4 is 11.7 Å². The third kappa shape index (κ3) is 3.67. The van der Waals surface area contributed by atoms with Gasteiger partial charge in [-0.15, -0.1) is 0 Å². The minimum absolute atomic E-state index is 0.0525. The number of hydrogen-bond donors (Lipinski definition) is 2. The number of anilines is 1. The highest BCUT2D eigenvalue weighted by atomic mass is 16.2. The van der Waals surface area contributed by atoms with Crippen LogP contribution in [-0.2, 0) is 4.79 Å². The number of rotatable bonds is 4. The Morgan fingerprint density at radius 2 is 2.14 bits per heavy atom. The third-order valence-corrected chi connectivity index (χ3v) is 4.84. The lowest BCUT2D eigenvalue weighted by atomic mass is 10.2. The molecule has 3 rings (SSSR count). The van der Waals surface area contributed by atoms with Gasteiger partial charge >= 0.3 is 0 Å². The Balaban J connectivity index is 1.56. The maximum absolute atomic E-state index is 12.4. The van der Waals surface area contributed by atoms with Crippen molar-refractivity contribution < 1.29 is 4.79 Å². The molecule has 2 N–H and O–H groups in total. The molecule has 0 saturated carbocycles. The van der Waals surface area contributed by atoms with E-state index in [-0.39, 0.29) is 11.9 Å². The van der Waals surface area contributed by atoms with Crippen LogP contribution >= 0.6 is 0 Å². The molecule has 0 spiro atoms. The van der Waals surface area contributed by atoms with E-state index in [0.29, 0.717) is 11.9 Å². The van der Waals surface area contributed by atoms with E-state index in [9.17, 15) is 4.79 Å². The first kappa shape index (κ1) is 15.5. The fraction of sp³-hybridized carbons (Fsp3) is 0.750. The topological polar surface area (TPSA) is 62.2 Å². The Hall–Kier alpha value is -1.40. The molecule has 1 amide bonds. The number of nitrogens with one attached hydrogen (secondary N) is 2. The van der Waals surface area contributed by atoms with E-state index in [1.807, 2.05) is 23.9 Å². The van der Waals surface area contributed by atoms with Crippen LogP contribution < -0.4 is 10.6 Å². The second kappa shape index (κ2) is 7.24. The average molecular weight is 305 g/mol. The normalized spacial score (nSPS) is 24.9. The Bertz CT molecular complexity index is 486. The zero-order chi connectivity index (χ0) is 15.4. The first-order valence-electron chi connectivity index (χ1n) is 8.55. The van der Waals surface area contributed by atoms with E-state index < -0.39 is 0 Å². The summed E-state index contributed by atoms with van der Waals surface area (Å²) in [6.07, 6.45) is 8.01. The van der Waals surface area contributed by atoms with Crippen LogP contribution in [0.15, 0.2) is 12.3 Å². The number of carbonyl (C=O) groups excluding carboxylic acids is 1. The molecule has 0 aromatic carbocycles. The third-order valence-electron chi connectivity index (χ3n) is 4.84. The molecule has 3 heterocycles. The van der Waals surface area contributed by atoms with E-state index in [4.69, 9.17) is 0 Å². The maximum atomic E-state index is 12.4. The van der Waals surface area contributed by atoms with Gasteiger partial charge < -0.3 is 10.6 Å². The Morgan fingerprint density at radius 1 is 1.36 bits per heavy atom. The highest BCUT2D eigenvalue weighted by Crippen LogP contribution is 2.17. The summed E-state index contributed by atoms with van der Waals surface area (Å²) < 4.78 is 1.96. The van der Waals surface area contributed by atoms with Gasteiger partial charge in [0.05, 0.1) is 12.1 Å². The van der Waals surface area contributed by atoms with Crippen molar-refractivity contribution in [3.05, 3.63) is 12.3 Å². The van der Waals surface area contributed by atoms with Crippen LogP contribution in [0, 0.1) is 0 Å². The number of likely N-dealkylation sites (tertiary alicyclic amines) is 1. The fourth-order valence-corrected chi connectivity index (χ4v) is 3.35. The van der Waals surface area contributed by atoms with Crippen molar-refractivity contribution in [3.8, 4) is 0 Å². The van der Waals surface area contributed by atoms with Crippen LogP contribution in [0.4, 0.5) is 5.82 Å². The van der Waals surface area contributed by atoms with Crippen molar-refractivity contribution in [1.82, 2.24) is 20.0 Å². The van der Waals surface area contributed by atoms with E-state index in [1.165, 1.54) is 25.7 Å². The summed E-state index contributed by atoms with van der Waals surface area (Å²) in [6, 6.07) is 2.22. The largest absolute Gasteiger partial charge is 0.315 e. The first-order valence-corrected chi connectivity index (χ1v) is 8.55. The SMILES string of the molecule is C[C@H](C(=O)Nc1ccn([C@H]2CCNC2)n1)N1CCCCCC1. The van der Waals surface area contributed by atoms with Gasteiger partial charge in [-0.2, -0.15) is 5.10 Å². The molecule has 2 aliphatic rings. The number of nitrogens with zero attached hydrogens (tertiary/aromatic N) is 3. The van der Waals surface area contributed by atoms with E-state index in [0.717, 1.165) is 32.6 Å². The summed E-state index contributed by atoms with van der Waals surface area (Å²) in [5, 5.41) is 10.8. The van der Waals surface area contributed by atoms with Crippen LogP contribution in [0.1, 0.15) is 45.1 Å². The lowest BCUT2D eigenvalue weighted by Crippen LogP contribution is -2.42. The molecule has 2 aliphatic heterocycles. The Kier molecular flexibility index (Phi) is 5.10. The molecule has 22 heavy (non-hydrogen) atoms. The lowest BCUT2D eigenvalue weighted by Gasteiger charge is -2.26. The van der Waals surface area contributed by atoms with Crippen molar-refractivity contribution in [1.29, 1.82) is 0 Å². The zero-order valence-corrected chi connectivity index (χ0v) is 13.4. The quantitative estimate of drug-likeness (QED) is 0.887. The van der Waals surface area contributed by atoms with Gasteiger partial charge in [-0.05, 0) is 45.8 Å². The van der Waals surface area contributed by atoms with Crippen LogP contribution in [-0.4, -0.2) is 52.8 Å². The summed E-state index contributed by atoms with van der Waals surface area (Å²) in [4.78, 5) is 14.7. The summed E-state index contributed by atoms with van der Waals surface area (Å²) in [5.74, 6) is 0.718. The van der Waals surface area contributed by atoms with Gasteiger partial charge in [-0.25, -0.2) is 0 Å². The number of hydrogen-bond acceptors (Lipinski definition) is 4. The zero-order valence-electron chi connectivity index (χ0n) is 13.4. The van der Waals surface area contributed by atoms with E-state index >= 15 is 0 Å². The van der Waals surface area contributed by atoms with Gasteiger partial charge in [0.2, 0.25) is 5.91 Å². The van der Waals surface area contributed by atoms with E-state index in [2.05, 4.69) is 20.6 Å². The highest BCUT2D eigenvalue weighted by molar-refractivity contribution is 5.93. The van der Waals surface area contributed by atoms with Gasteiger partial charge in [-0.1, -0.05) is 12.8 Å². The summed E-state index contributed by atoms with van der Waals surface area (Å²) in [5.41, 5.74) is 0. The lowest BCUT2D eigenvalue weighted by molar-refractivity contribution is -0.120. The van der Waals surface area contributed by atoms with Gasteiger partial charge in [0.15, 0.2) is 5.82 Å². The molecule has 2 atom stereocenters. The maximum Gasteiger partial charge on any atom is 0.242 e. The van der Waals surface area contributed by atoms with Crippen LogP contribution in [0.2, 0.25) is 0 Å². The minimum atomic E-state index is -0.0867. The molecule has 6 heteroatoms. The summed E-state index contributed by atoms with van der Waals surface area (Å²) >= 11 is 0. The Morgan fingerprint density at radius 3 is 2.82 bits per heavy atom. The van der Waals surface area contributed by atoms with Crippen molar-refractivity contribution in [2.45, 2.75) is 51.1 Å². The standard InChI is InChI=1S/C16H27N5O/c1-13(20-9-4-2-3-5-10-20)16(22)18-15-7-11-21(19-15)14-6-8-17-12-14/h7,11,13-14,17H,2-6,8-10,12H2,1H3,(H,18,19,22)/t13-,14+/m1/s1. The highest BCUT2D eigenvalue weighted by Gasteiger charge is 2.23. The predicted molar refractivity (Wildman–Crippen MR) is 86.9 cm³/mol. The molecule has 1 aromatic rings. The number of carbonyl (C=O) groups is 1. The molecule has 1 aromatic heterocycles. The molecule has 0 radical (unpaired) electrons. The van der Waals surface area contributed by atoms with Crippen molar-refractivity contribution in [3.63, 3.8) is 0 Å². The first-order chi connectivity index (χ1) is 10.7. The summed E-state index contributed by atoms with van der Waals surface area (Å²) in [6.45, 7) is 6.05. The monoisotopic (exact) mass is 305 g/mol. The van der Waals surface area contributed by atoms with Crippen LogP contribution in [0.5, 0.6) is 0 Å². The second-order valence-corrected chi connectivity index (χ2v) is 6.44. The van der Waals surface area contributed by atoms with Gasteiger partial charge in [0.1, 0.15) is 0 Å². The molecular formula is C16H27N5O. The van der Waals surface area contributed by atoms with Gasteiger partial charge in [-0.3, -0.25) is 14.4 Å². The molecule has 2 fully saturated rings. The molecule has 0 aliphatic carbocycles. The van der Waals surface area contributed by atoms with Crippen molar-refractivity contribution in [2.75, 3.05) is 31.5 Å². The van der Waals surface area contributed by atoms with E-state index in [1.54, 1.807) is 0 Å². The number of amides is 1. The van der Waals surface area contributed by atoms with Crippen LogP contribution in [0.25, 0.3) is 0 Å². The predicted octanol–water partition coefficient (Wildman–Crippen LogP) is 1.62. The van der Waals surface area contributed by atoms with Gasteiger partial charge in [0.25, 0.3) is 0 Å². The molecule has 2 saturated heterocycles. The molecule has 122 valence electrons. The molecule has 0 bridgehead atoms.